The number of hydrogen-bond donors (Lipinski definition) is 2. The Hall–Kier alpha value is -1.88. The van der Waals surface area contributed by atoms with Crippen molar-refractivity contribution in [3.63, 3.8) is 0 Å². The fourth-order valence-corrected chi connectivity index (χ4v) is 2.45. The lowest BCUT2D eigenvalue weighted by atomic mass is 10.1. The molecule has 114 valence electrons. The first-order valence-corrected chi connectivity index (χ1v) is 7.52. The zero-order valence-corrected chi connectivity index (χ0v) is 12.4. The number of para-hydroxylation sites is 1. The zero-order chi connectivity index (χ0) is 15.1. The first-order valence-electron chi connectivity index (χ1n) is 7.52. The standard InChI is InChI=1S/C16H22N2O3/c1-2-21-16(20)12-8-5-6-9-13(12)18-15(19)14-10-4-3-7-11-17-14/h5-6,8-9,14,17H,2-4,7,10-11H2,1H3,(H,18,19). The number of rotatable bonds is 4. The van der Waals surface area contributed by atoms with E-state index in [4.69, 9.17) is 4.74 Å². The molecule has 1 aromatic carbocycles. The van der Waals surface area contributed by atoms with E-state index in [1.807, 2.05) is 0 Å². The second kappa shape index (κ2) is 7.78. The molecule has 0 saturated carbocycles. The van der Waals surface area contributed by atoms with Crippen LogP contribution in [0.5, 0.6) is 0 Å². The first-order chi connectivity index (χ1) is 10.2. The molecule has 1 aliphatic rings. The van der Waals surface area contributed by atoms with E-state index in [0.29, 0.717) is 17.9 Å². The molecule has 21 heavy (non-hydrogen) atoms. The largest absolute Gasteiger partial charge is 0.462 e. The Morgan fingerprint density at radius 1 is 1.29 bits per heavy atom. The Morgan fingerprint density at radius 2 is 2.10 bits per heavy atom. The summed E-state index contributed by atoms with van der Waals surface area (Å²) in [5, 5.41) is 6.09. The van der Waals surface area contributed by atoms with Crippen LogP contribution in [0.25, 0.3) is 0 Å². The van der Waals surface area contributed by atoms with Gasteiger partial charge in [-0.15, -0.1) is 0 Å². The van der Waals surface area contributed by atoms with Crippen molar-refractivity contribution in [2.45, 2.75) is 38.6 Å². The van der Waals surface area contributed by atoms with Gasteiger partial charge in [-0.1, -0.05) is 25.0 Å². The van der Waals surface area contributed by atoms with Gasteiger partial charge >= 0.3 is 5.97 Å². The van der Waals surface area contributed by atoms with Crippen LogP contribution in [0.3, 0.4) is 0 Å². The van der Waals surface area contributed by atoms with Crippen LogP contribution in [-0.2, 0) is 9.53 Å². The SMILES string of the molecule is CCOC(=O)c1ccccc1NC(=O)C1CCCCCN1. The van der Waals surface area contributed by atoms with Gasteiger partial charge in [-0.3, -0.25) is 4.79 Å². The third kappa shape index (κ3) is 4.29. The molecule has 1 unspecified atom stereocenters. The van der Waals surface area contributed by atoms with Crippen molar-refractivity contribution in [2.24, 2.45) is 0 Å². The minimum atomic E-state index is -0.415. The van der Waals surface area contributed by atoms with Gasteiger partial charge in [0.2, 0.25) is 5.91 Å². The lowest BCUT2D eigenvalue weighted by Crippen LogP contribution is -2.40. The molecule has 0 radical (unpaired) electrons. The molecule has 1 aromatic rings. The average Bonchev–Trinajstić information content (AvgIpc) is 2.77. The van der Waals surface area contributed by atoms with E-state index in [-0.39, 0.29) is 11.9 Å². The molecule has 0 bridgehead atoms. The second-order valence-electron chi connectivity index (χ2n) is 5.11. The van der Waals surface area contributed by atoms with Crippen LogP contribution in [0.2, 0.25) is 0 Å². The van der Waals surface area contributed by atoms with Crippen LogP contribution in [0.4, 0.5) is 5.69 Å². The number of hydrogen-bond acceptors (Lipinski definition) is 4. The maximum Gasteiger partial charge on any atom is 0.340 e. The van der Waals surface area contributed by atoms with E-state index in [9.17, 15) is 9.59 Å². The first kappa shape index (κ1) is 15.5. The molecular formula is C16H22N2O3. The lowest BCUT2D eigenvalue weighted by Gasteiger charge is -2.17. The van der Waals surface area contributed by atoms with Crippen molar-refractivity contribution in [1.82, 2.24) is 5.32 Å². The van der Waals surface area contributed by atoms with Gasteiger partial charge in [-0.25, -0.2) is 4.79 Å². The third-order valence-corrected chi connectivity index (χ3v) is 3.56. The molecule has 2 rings (SSSR count). The predicted molar refractivity (Wildman–Crippen MR) is 81.3 cm³/mol. The summed E-state index contributed by atoms with van der Waals surface area (Å²) < 4.78 is 5.01. The number of nitrogens with one attached hydrogen (secondary N) is 2. The quantitative estimate of drug-likeness (QED) is 0.835. The highest BCUT2D eigenvalue weighted by molar-refractivity contribution is 6.02. The van der Waals surface area contributed by atoms with Gasteiger partial charge in [0.15, 0.2) is 0 Å². The predicted octanol–water partition coefficient (Wildman–Crippen LogP) is 2.33. The number of ether oxygens (including phenoxy) is 1. The third-order valence-electron chi connectivity index (χ3n) is 3.56. The molecule has 0 spiro atoms. The molecule has 1 fully saturated rings. The Bertz CT molecular complexity index is 494. The number of esters is 1. The molecule has 1 aliphatic heterocycles. The van der Waals surface area contributed by atoms with Crippen LogP contribution in [0.15, 0.2) is 24.3 Å². The lowest BCUT2D eigenvalue weighted by molar-refractivity contribution is -0.118. The summed E-state index contributed by atoms with van der Waals surface area (Å²) in [7, 11) is 0. The Labute approximate surface area is 125 Å². The molecule has 5 heteroatoms. The molecule has 2 N–H and O–H groups in total. The van der Waals surface area contributed by atoms with E-state index < -0.39 is 5.97 Å². The fourth-order valence-electron chi connectivity index (χ4n) is 2.45. The van der Waals surface area contributed by atoms with Crippen LogP contribution in [0.1, 0.15) is 43.0 Å². The van der Waals surface area contributed by atoms with Crippen LogP contribution >= 0.6 is 0 Å². The van der Waals surface area contributed by atoms with Gasteiger partial charge in [0.25, 0.3) is 0 Å². The summed E-state index contributed by atoms with van der Waals surface area (Å²) in [5.41, 5.74) is 0.897. The van der Waals surface area contributed by atoms with Crippen LogP contribution in [0, 0.1) is 0 Å². The van der Waals surface area contributed by atoms with Gasteiger partial charge in [-0.2, -0.15) is 0 Å². The number of amides is 1. The highest BCUT2D eigenvalue weighted by atomic mass is 16.5. The van der Waals surface area contributed by atoms with Gasteiger partial charge in [-0.05, 0) is 38.4 Å². The molecule has 0 aromatic heterocycles. The van der Waals surface area contributed by atoms with E-state index in [0.717, 1.165) is 32.2 Å². The molecular weight excluding hydrogens is 268 g/mol. The van der Waals surface area contributed by atoms with E-state index in [1.165, 1.54) is 0 Å². The monoisotopic (exact) mass is 290 g/mol. The van der Waals surface area contributed by atoms with E-state index in [1.54, 1.807) is 31.2 Å². The molecule has 1 heterocycles. The van der Waals surface area contributed by atoms with Crippen molar-refractivity contribution in [3.8, 4) is 0 Å². The Kier molecular flexibility index (Phi) is 5.75. The van der Waals surface area contributed by atoms with Crippen molar-refractivity contribution in [2.75, 3.05) is 18.5 Å². The smallest absolute Gasteiger partial charge is 0.340 e. The van der Waals surface area contributed by atoms with Crippen LogP contribution < -0.4 is 10.6 Å². The van der Waals surface area contributed by atoms with E-state index >= 15 is 0 Å². The summed E-state index contributed by atoms with van der Waals surface area (Å²) in [5.74, 6) is -0.504. The maximum atomic E-state index is 12.3. The topological polar surface area (TPSA) is 67.4 Å². The molecule has 1 amide bonds. The summed E-state index contributed by atoms with van der Waals surface area (Å²) in [6.07, 6.45) is 4.12. The number of anilines is 1. The Morgan fingerprint density at radius 3 is 2.90 bits per heavy atom. The van der Waals surface area contributed by atoms with Crippen LogP contribution in [-0.4, -0.2) is 31.1 Å². The number of carbonyl (C=O) groups is 2. The van der Waals surface area contributed by atoms with Crippen molar-refractivity contribution >= 4 is 17.6 Å². The van der Waals surface area contributed by atoms with Gasteiger partial charge in [0, 0.05) is 0 Å². The minimum Gasteiger partial charge on any atom is -0.462 e. The zero-order valence-electron chi connectivity index (χ0n) is 12.4. The number of benzene rings is 1. The van der Waals surface area contributed by atoms with Crippen molar-refractivity contribution < 1.29 is 14.3 Å². The molecule has 0 aliphatic carbocycles. The second-order valence-corrected chi connectivity index (χ2v) is 5.11. The number of carbonyl (C=O) groups excluding carboxylic acids is 2. The summed E-state index contributed by atoms with van der Waals surface area (Å²) >= 11 is 0. The van der Waals surface area contributed by atoms with E-state index in [2.05, 4.69) is 10.6 Å². The van der Waals surface area contributed by atoms with Gasteiger partial charge in [0.1, 0.15) is 0 Å². The average molecular weight is 290 g/mol. The molecule has 1 saturated heterocycles. The fraction of sp³-hybridized carbons (Fsp3) is 0.500. The normalized spacial score (nSPS) is 18.6. The van der Waals surface area contributed by atoms with Gasteiger partial charge < -0.3 is 15.4 Å². The molecule has 5 nitrogen and oxygen atoms in total. The highest BCUT2D eigenvalue weighted by Crippen LogP contribution is 2.18. The van der Waals surface area contributed by atoms with Gasteiger partial charge in [0.05, 0.1) is 23.9 Å². The minimum absolute atomic E-state index is 0.0892. The summed E-state index contributed by atoms with van der Waals surface area (Å²) in [6, 6.07) is 6.74. The summed E-state index contributed by atoms with van der Waals surface area (Å²) in [6.45, 7) is 2.93. The summed E-state index contributed by atoms with van der Waals surface area (Å²) in [4.78, 5) is 24.2. The van der Waals surface area contributed by atoms with Crippen molar-refractivity contribution in [1.29, 1.82) is 0 Å². The molecule has 1 atom stereocenters. The highest BCUT2D eigenvalue weighted by Gasteiger charge is 2.21. The van der Waals surface area contributed by atoms with Crippen molar-refractivity contribution in [3.05, 3.63) is 29.8 Å². The maximum absolute atomic E-state index is 12.3. The Balaban J connectivity index is 2.07.